The molecule has 11 heteroatoms. The Morgan fingerprint density at radius 2 is 1.78 bits per heavy atom. The molecule has 0 unspecified atom stereocenters. The summed E-state index contributed by atoms with van der Waals surface area (Å²) in [5.41, 5.74) is 0.495. The van der Waals surface area contributed by atoms with Gasteiger partial charge < -0.3 is 14.8 Å². The van der Waals surface area contributed by atoms with E-state index in [9.17, 15) is 18.0 Å². The maximum Gasteiger partial charge on any atom is 0.416 e. The van der Waals surface area contributed by atoms with Gasteiger partial charge in [0.05, 0.1) is 27.8 Å². The number of hydrogen-bond acceptors (Lipinski definition) is 5. The van der Waals surface area contributed by atoms with Crippen LogP contribution in [0.4, 0.5) is 18.9 Å². The highest BCUT2D eigenvalue weighted by atomic mass is 35.5. The molecule has 1 fully saturated rings. The average Bonchev–Trinajstić information content (AvgIpc) is 3.18. The molecule has 4 rings (SSSR count). The van der Waals surface area contributed by atoms with E-state index in [4.69, 9.17) is 32.7 Å². The first-order valence-electron chi connectivity index (χ1n) is 10.9. The lowest BCUT2D eigenvalue weighted by molar-refractivity contribution is -0.137. The van der Waals surface area contributed by atoms with Crippen LogP contribution in [0.2, 0.25) is 10.0 Å². The molecule has 1 aliphatic heterocycles. The fourth-order valence-corrected chi connectivity index (χ4v) is 4.47. The molecule has 1 N–H and O–H groups in total. The van der Waals surface area contributed by atoms with Gasteiger partial charge in [0.25, 0.3) is 5.91 Å². The van der Waals surface area contributed by atoms with Gasteiger partial charge in [-0.05, 0) is 66.7 Å². The topological polar surface area (TPSA) is 59.9 Å². The summed E-state index contributed by atoms with van der Waals surface area (Å²) >= 11 is 13.2. The number of thioether (sulfide) groups is 1. The molecule has 1 heterocycles. The van der Waals surface area contributed by atoms with Crippen molar-refractivity contribution < 1.29 is 27.4 Å². The zero-order chi connectivity index (χ0) is 26.6. The molecule has 3 aromatic rings. The van der Waals surface area contributed by atoms with Crippen molar-refractivity contribution in [3.63, 3.8) is 0 Å². The van der Waals surface area contributed by atoms with Crippen LogP contribution < -0.4 is 14.8 Å². The second kappa shape index (κ2) is 11.5. The summed E-state index contributed by atoms with van der Waals surface area (Å²) in [5.74, 6) is 0.551. The zero-order valence-electron chi connectivity index (χ0n) is 19.2. The Morgan fingerprint density at radius 1 is 1.00 bits per heavy atom. The highest BCUT2D eigenvalue weighted by molar-refractivity contribution is 8.18. The fourth-order valence-electron chi connectivity index (χ4n) is 3.29. The molecule has 3 aromatic carbocycles. The molecule has 1 aliphatic rings. The van der Waals surface area contributed by atoms with Crippen LogP contribution in [0.15, 0.2) is 70.6 Å². The average molecular weight is 567 g/mol. The molecule has 0 spiro atoms. The lowest BCUT2D eigenvalue weighted by Gasteiger charge is -2.13. The molecule has 0 saturated carbocycles. The Balaban J connectivity index is 1.54. The largest absolute Gasteiger partial charge is 0.490 e. The van der Waals surface area contributed by atoms with Gasteiger partial charge in [-0.3, -0.25) is 4.79 Å². The summed E-state index contributed by atoms with van der Waals surface area (Å²) in [6.45, 7) is 2.48. The van der Waals surface area contributed by atoms with E-state index in [0.717, 1.165) is 35.5 Å². The number of rotatable bonds is 7. The van der Waals surface area contributed by atoms with Crippen molar-refractivity contribution in [2.24, 2.45) is 4.99 Å². The molecule has 1 saturated heterocycles. The normalized spacial score (nSPS) is 15.8. The van der Waals surface area contributed by atoms with E-state index in [1.807, 2.05) is 25.1 Å². The van der Waals surface area contributed by atoms with Crippen molar-refractivity contribution in [3.8, 4) is 11.5 Å². The van der Waals surface area contributed by atoms with E-state index < -0.39 is 17.6 Å². The van der Waals surface area contributed by atoms with Gasteiger partial charge in [-0.1, -0.05) is 47.5 Å². The second-order valence-electron chi connectivity index (χ2n) is 7.66. The fraction of sp³-hybridized carbons (Fsp3) is 0.154. The molecule has 5 nitrogen and oxygen atoms in total. The third-order valence-electron chi connectivity index (χ3n) is 5.05. The Bertz CT molecular complexity index is 1390. The van der Waals surface area contributed by atoms with Crippen LogP contribution in [-0.2, 0) is 17.6 Å². The van der Waals surface area contributed by atoms with Crippen molar-refractivity contribution in [1.29, 1.82) is 0 Å². The van der Waals surface area contributed by atoms with Crippen molar-refractivity contribution in [3.05, 3.63) is 92.3 Å². The summed E-state index contributed by atoms with van der Waals surface area (Å²) < 4.78 is 50.8. The lowest BCUT2D eigenvalue weighted by Crippen LogP contribution is -2.19. The van der Waals surface area contributed by atoms with E-state index in [1.54, 1.807) is 30.3 Å². The highest BCUT2D eigenvalue weighted by Crippen LogP contribution is 2.37. The van der Waals surface area contributed by atoms with Gasteiger partial charge in [0, 0.05) is 10.6 Å². The number of amidine groups is 1. The Morgan fingerprint density at radius 3 is 2.51 bits per heavy atom. The van der Waals surface area contributed by atoms with Crippen LogP contribution in [-0.4, -0.2) is 17.7 Å². The molecule has 0 bridgehead atoms. The van der Waals surface area contributed by atoms with E-state index in [1.165, 1.54) is 0 Å². The molecular formula is C26H19Cl2F3N2O3S. The molecule has 0 aliphatic carbocycles. The summed E-state index contributed by atoms with van der Waals surface area (Å²) in [4.78, 5) is 16.9. The smallest absolute Gasteiger partial charge is 0.416 e. The van der Waals surface area contributed by atoms with Gasteiger partial charge in [-0.25, -0.2) is 4.99 Å². The number of benzene rings is 3. The first-order chi connectivity index (χ1) is 17.6. The van der Waals surface area contributed by atoms with E-state index >= 15 is 0 Å². The van der Waals surface area contributed by atoms with Crippen molar-refractivity contribution in [2.45, 2.75) is 19.7 Å². The number of halogens is 5. The van der Waals surface area contributed by atoms with Crippen LogP contribution >= 0.6 is 35.0 Å². The number of carbonyl (C=O) groups excluding carboxylic acids is 1. The molecule has 37 heavy (non-hydrogen) atoms. The van der Waals surface area contributed by atoms with Crippen LogP contribution in [0.5, 0.6) is 11.5 Å². The number of carbonyl (C=O) groups is 1. The first kappa shape index (κ1) is 26.9. The van der Waals surface area contributed by atoms with Crippen molar-refractivity contribution in [1.82, 2.24) is 5.32 Å². The molecule has 1 amide bonds. The molecule has 192 valence electrons. The summed E-state index contributed by atoms with van der Waals surface area (Å²) in [6, 6.07) is 15.4. The van der Waals surface area contributed by atoms with Crippen LogP contribution in [0, 0.1) is 0 Å². The summed E-state index contributed by atoms with van der Waals surface area (Å²) in [6.07, 6.45) is -2.92. The molecule has 0 atom stereocenters. The predicted molar refractivity (Wildman–Crippen MR) is 141 cm³/mol. The monoisotopic (exact) mass is 566 g/mol. The Hall–Kier alpha value is -3.14. The third kappa shape index (κ3) is 6.80. The first-order valence-corrected chi connectivity index (χ1v) is 12.5. The number of aliphatic imine (C=N–C) groups is 1. The van der Waals surface area contributed by atoms with Crippen LogP contribution in [0.3, 0.4) is 0 Å². The Kier molecular flexibility index (Phi) is 8.36. The minimum absolute atomic E-state index is 0.0292. The minimum atomic E-state index is -4.54. The van der Waals surface area contributed by atoms with Gasteiger partial charge in [-0.15, -0.1) is 0 Å². The maximum absolute atomic E-state index is 13.0. The SMILES string of the molecule is CCOc1cc(C=C2SC(=Nc3cc(C(F)(F)F)ccc3Cl)NC2=O)ccc1OCc1ccccc1Cl. The van der Waals surface area contributed by atoms with Crippen LogP contribution in [0.1, 0.15) is 23.6 Å². The van der Waals surface area contributed by atoms with Gasteiger partial charge in [-0.2, -0.15) is 13.2 Å². The molecule has 0 radical (unpaired) electrons. The van der Waals surface area contributed by atoms with Crippen molar-refractivity contribution >= 4 is 57.8 Å². The molecule has 0 aromatic heterocycles. The molecular weight excluding hydrogens is 548 g/mol. The van der Waals surface area contributed by atoms with Crippen molar-refractivity contribution in [2.75, 3.05) is 6.61 Å². The zero-order valence-corrected chi connectivity index (χ0v) is 21.6. The highest BCUT2D eigenvalue weighted by Gasteiger charge is 2.31. The number of nitrogens with one attached hydrogen (secondary N) is 1. The van der Waals surface area contributed by atoms with Crippen LogP contribution in [0.25, 0.3) is 6.08 Å². The number of amides is 1. The second-order valence-corrected chi connectivity index (χ2v) is 9.51. The standard InChI is InChI=1S/C26H19Cl2F3N2O3S/c1-2-35-22-11-15(7-10-21(22)36-14-16-5-3-4-6-18(16)27)12-23-24(34)33-25(37-23)32-20-13-17(26(29,30)31)8-9-19(20)28/h3-13H,2,14H2,1H3,(H,32,33,34). The number of nitrogens with zero attached hydrogens (tertiary/aromatic N) is 1. The third-order valence-corrected chi connectivity index (χ3v) is 6.65. The van der Waals surface area contributed by atoms with Gasteiger partial charge in [0.2, 0.25) is 0 Å². The quantitative estimate of drug-likeness (QED) is 0.295. The van der Waals surface area contributed by atoms with E-state index in [2.05, 4.69) is 10.3 Å². The Labute approximate surface area is 225 Å². The van der Waals surface area contributed by atoms with Gasteiger partial charge in [0.15, 0.2) is 16.7 Å². The van der Waals surface area contributed by atoms with Gasteiger partial charge >= 0.3 is 6.18 Å². The van der Waals surface area contributed by atoms with Gasteiger partial charge in [0.1, 0.15) is 6.61 Å². The van der Waals surface area contributed by atoms with E-state index in [-0.39, 0.29) is 22.5 Å². The predicted octanol–water partition coefficient (Wildman–Crippen LogP) is 7.88. The maximum atomic E-state index is 13.0. The summed E-state index contributed by atoms with van der Waals surface area (Å²) in [5, 5.41) is 3.29. The van der Waals surface area contributed by atoms with E-state index in [0.29, 0.717) is 33.6 Å². The minimum Gasteiger partial charge on any atom is -0.490 e. The lowest BCUT2D eigenvalue weighted by atomic mass is 10.2. The number of ether oxygens (including phenoxy) is 2. The number of hydrogen-bond donors (Lipinski definition) is 1. The summed E-state index contributed by atoms with van der Waals surface area (Å²) in [7, 11) is 0. The number of alkyl halides is 3.